The van der Waals surface area contributed by atoms with Gasteiger partial charge in [0, 0.05) is 30.8 Å². The van der Waals surface area contributed by atoms with E-state index < -0.39 is 0 Å². The monoisotopic (exact) mass is 275 g/mol. The summed E-state index contributed by atoms with van der Waals surface area (Å²) in [4.78, 5) is 2.40. The highest BCUT2D eigenvalue weighted by atomic mass is 19.1. The zero-order chi connectivity index (χ0) is 14.1. The van der Waals surface area contributed by atoms with Crippen molar-refractivity contribution in [2.24, 2.45) is 17.6 Å². The number of nitrogens with two attached hydrogens (primary N) is 1. The third-order valence-corrected chi connectivity index (χ3v) is 4.18. The number of hydrogen-bond donors (Lipinski definition) is 2. The second kappa shape index (κ2) is 5.52. The van der Waals surface area contributed by atoms with Gasteiger partial charge >= 0.3 is 0 Å². The van der Waals surface area contributed by atoms with Crippen LogP contribution in [-0.2, 0) is 6.54 Å². The molecule has 0 bridgehead atoms. The first-order valence-electron chi connectivity index (χ1n) is 7.47. The van der Waals surface area contributed by atoms with E-state index in [-0.39, 0.29) is 11.7 Å². The fraction of sp³-hybridized carbons (Fsp3) is 0.562. The van der Waals surface area contributed by atoms with Crippen LogP contribution in [0.4, 0.5) is 4.39 Å². The average molecular weight is 275 g/mol. The van der Waals surface area contributed by atoms with Gasteiger partial charge < -0.3 is 5.73 Å². The molecule has 0 aliphatic heterocycles. The Hall–Kier alpha value is -1.42. The molecule has 2 fully saturated rings. The number of hydrogen-bond acceptors (Lipinski definition) is 2. The van der Waals surface area contributed by atoms with Gasteiger partial charge in [-0.05, 0) is 43.6 Å². The van der Waals surface area contributed by atoms with Crippen molar-refractivity contribution in [2.75, 3.05) is 13.1 Å². The van der Waals surface area contributed by atoms with Gasteiger partial charge in [0.15, 0.2) is 0 Å². The maximum atomic E-state index is 14.1. The molecular weight excluding hydrogens is 253 g/mol. The summed E-state index contributed by atoms with van der Waals surface area (Å²) >= 11 is 0. The van der Waals surface area contributed by atoms with Crippen LogP contribution in [0.3, 0.4) is 0 Å². The first-order valence-corrected chi connectivity index (χ1v) is 7.47. The molecule has 0 saturated heterocycles. The molecule has 2 saturated carbocycles. The molecule has 0 atom stereocenters. The highest BCUT2D eigenvalue weighted by Gasteiger charge is 2.29. The number of nitrogens with zero attached hydrogens (tertiary/aromatic N) is 1. The van der Waals surface area contributed by atoms with Gasteiger partial charge in [0.05, 0.1) is 0 Å². The summed E-state index contributed by atoms with van der Waals surface area (Å²) in [6.45, 7) is 2.88. The summed E-state index contributed by atoms with van der Waals surface area (Å²) in [6, 6.07) is 4.90. The summed E-state index contributed by atoms with van der Waals surface area (Å²) in [5, 5.41) is 7.35. The highest BCUT2D eigenvalue weighted by Crippen LogP contribution is 2.34. The first kappa shape index (κ1) is 13.6. The number of rotatable bonds is 7. The second-order valence-corrected chi connectivity index (χ2v) is 6.30. The molecule has 0 spiro atoms. The molecular formula is C16H22FN3. The van der Waals surface area contributed by atoms with Crippen LogP contribution < -0.4 is 5.73 Å². The molecule has 108 valence electrons. The van der Waals surface area contributed by atoms with E-state index in [1.807, 2.05) is 0 Å². The Kier molecular flexibility index (Phi) is 3.74. The maximum absolute atomic E-state index is 14.1. The molecule has 0 heterocycles. The maximum Gasteiger partial charge on any atom is 0.128 e. The SMILES string of the molecule is N=C(N)c1ccc(CN(CC2CC2)CC2CC2)c(F)c1. The minimum atomic E-state index is -0.241. The van der Waals surface area contributed by atoms with Gasteiger partial charge in [-0.3, -0.25) is 10.3 Å². The third kappa shape index (κ3) is 3.57. The van der Waals surface area contributed by atoms with E-state index >= 15 is 0 Å². The molecule has 3 nitrogen and oxygen atoms in total. The third-order valence-electron chi connectivity index (χ3n) is 4.18. The molecule has 20 heavy (non-hydrogen) atoms. The van der Waals surface area contributed by atoms with Crippen molar-refractivity contribution >= 4 is 5.84 Å². The molecule has 2 aliphatic rings. The Balaban J connectivity index is 1.67. The Morgan fingerprint density at radius 2 is 1.80 bits per heavy atom. The Morgan fingerprint density at radius 3 is 2.25 bits per heavy atom. The first-order chi connectivity index (χ1) is 9.61. The number of nitrogens with one attached hydrogen (secondary N) is 1. The van der Waals surface area contributed by atoms with Gasteiger partial charge in [0.2, 0.25) is 0 Å². The van der Waals surface area contributed by atoms with Crippen molar-refractivity contribution in [1.82, 2.24) is 4.90 Å². The van der Waals surface area contributed by atoms with Crippen LogP contribution in [0.25, 0.3) is 0 Å². The molecule has 3 N–H and O–H groups in total. The lowest BCUT2D eigenvalue weighted by molar-refractivity contribution is 0.241. The van der Waals surface area contributed by atoms with Crippen LogP contribution in [-0.4, -0.2) is 23.8 Å². The van der Waals surface area contributed by atoms with Crippen LogP contribution in [0, 0.1) is 23.1 Å². The molecule has 0 aromatic heterocycles. The molecule has 1 aromatic rings. The standard InChI is InChI=1S/C16H22FN3/c17-15-7-13(16(18)19)5-6-14(15)10-20(8-11-1-2-11)9-12-3-4-12/h5-7,11-12H,1-4,8-10H2,(H3,18,19). The molecule has 2 aliphatic carbocycles. The van der Waals surface area contributed by atoms with Crippen molar-refractivity contribution in [2.45, 2.75) is 32.2 Å². The van der Waals surface area contributed by atoms with Crippen molar-refractivity contribution in [3.63, 3.8) is 0 Å². The zero-order valence-corrected chi connectivity index (χ0v) is 11.7. The summed E-state index contributed by atoms with van der Waals surface area (Å²) in [6.07, 6.45) is 5.31. The topological polar surface area (TPSA) is 53.1 Å². The predicted molar refractivity (Wildman–Crippen MR) is 78.1 cm³/mol. The van der Waals surface area contributed by atoms with E-state index in [1.165, 1.54) is 31.7 Å². The fourth-order valence-corrected chi connectivity index (χ4v) is 2.62. The van der Waals surface area contributed by atoms with Crippen LogP contribution in [0.5, 0.6) is 0 Å². The van der Waals surface area contributed by atoms with E-state index in [9.17, 15) is 4.39 Å². The quantitative estimate of drug-likeness (QED) is 0.594. The summed E-state index contributed by atoms with van der Waals surface area (Å²) in [5.74, 6) is 1.33. The van der Waals surface area contributed by atoms with Gasteiger partial charge in [-0.25, -0.2) is 4.39 Å². The normalized spacial score (nSPS) is 18.5. The van der Waals surface area contributed by atoms with Gasteiger partial charge in [-0.15, -0.1) is 0 Å². The van der Waals surface area contributed by atoms with E-state index in [4.69, 9.17) is 11.1 Å². The fourth-order valence-electron chi connectivity index (χ4n) is 2.62. The van der Waals surface area contributed by atoms with E-state index in [0.717, 1.165) is 30.5 Å². The smallest absolute Gasteiger partial charge is 0.128 e. The van der Waals surface area contributed by atoms with Gasteiger partial charge in [0.25, 0.3) is 0 Å². The average Bonchev–Trinajstić information content (AvgIpc) is 3.27. The molecule has 1 aromatic carbocycles. The van der Waals surface area contributed by atoms with Crippen LogP contribution in [0.1, 0.15) is 36.8 Å². The Bertz CT molecular complexity index is 492. The minimum absolute atomic E-state index is 0.0803. The highest BCUT2D eigenvalue weighted by molar-refractivity contribution is 5.94. The predicted octanol–water partition coefficient (Wildman–Crippen LogP) is 2.73. The van der Waals surface area contributed by atoms with Crippen LogP contribution in [0.15, 0.2) is 18.2 Å². The van der Waals surface area contributed by atoms with Crippen molar-refractivity contribution in [1.29, 1.82) is 5.41 Å². The Morgan fingerprint density at radius 1 is 1.20 bits per heavy atom. The van der Waals surface area contributed by atoms with E-state index in [2.05, 4.69) is 4.90 Å². The summed E-state index contributed by atoms with van der Waals surface area (Å²) in [5.41, 5.74) is 6.57. The van der Waals surface area contributed by atoms with Crippen LogP contribution >= 0.6 is 0 Å². The van der Waals surface area contributed by atoms with Crippen molar-refractivity contribution in [3.05, 3.63) is 35.1 Å². The van der Waals surface area contributed by atoms with Gasteiger partial charge in [0.1, 0.15) is 11.7 Å². The largest absolute Gasteiger partial charge is 0.384 e. The zero-order valence-electron chi connectivity index (χ0n) is 11.7. The minimum Gasteiger partial charge on any atom is -0.384 e. The van der Waals surface area contributed by atoms with Crippen LogP contribution in [0.2, 0.25) is 0 Å². The Labute approximate surface area is 119 Å². The molecule has 4 heteroatoms. The second-order valence-electron chi connectivity index (χ2n) is 6.30. The number of amidine groups is 1. The summed E-state index contributed by atoms with van der Waals surface area (Å²) in [7, 11) is 0. The number of nitrogen functional groups attached to an aromatic ring is 1. The van der Waals surface area contributed by atoms with E-state index in [0.29, 0.717) is 12.1 Å². The summed E-state index contributed by atoms with van der Waals surface area (Å²) < 4.78 is 14.1. The molecule has 3 rings (SSSR count). The number of benzene rings is 1. The molecule has 0 radical (unpaired) electrons. The van der Waals surface area contributed by atoms with Gasteiger partial charge in [-0.1, -0.05) is 12.1 Å². The van der Waals surface area contributed by atoms with Crippen molar-refractivity contribution in [3.8, 4) is 0 Å². The van der Waals surface area contributed by atoms with Gasteiger partial charge in [-0.2, -0.15) is 0 Å². The lowest BCUT2D eigenvalue weighted by Gasteiger charge is -2.22. The molecule has 0 unspecified atom stereocenters. The molecule has 0 amide bonds. The van der Waals surface area contributed by atoms with Crippen molar-refractivity contribution < 1.29 is 4.39 Å². The lowest BCUT2D eigenvalue weighted by atomic mass is 10.1. The number of halogens is 1. The lowest BCUT2D eigenvalue weighted by Crippen LogP contribution is -2.28. The van der Waals surface area contributed by atoms with E-state index in [1.54, 1.807) is 12.1 Å².